The highest BCUT2D eigenvalue weighted by molar-refractivity contribution is 5.88. The molecule has 3 heteroatoms. The zero-order chi connectivity index (χ0) is 28.4. The van der Waals surface area contributed by atoms with Gasteiger partial charge in [0.1, 0.15) is 5.94 Å². The minimum absolute atomic E-state index is 0.0768. The van der Waals surface area contributed by atoms with E-state index in [-0.39, 0.29) is 11.7 Å². The predicted octanol–water partition coefficient (Wildman–Crippen LogP) is 9.27. The Kier molecular flexibility index (Phi) is 11.5. The van der Waals surface area contributed by atoms with Crippen LogP contribution in [0.3, 0.4) is 0 Å². The Hall–Kier alpha value is -3.68. The van der Waals surface area contributed by atoms with Crippen molar-refractivity contribution in [2.75, 3.05) is 0 Å². The second kappa shape index (κ2) is 14.3. The SMILES string of the molecule is C=C/C=C\C=C(/C)C(C)C(/C=C(/C1=CC(C)C=C(C)C=C1)c1ncc(/C(C(C)=C=O)=C(\C)O)cc1C)CC. The molecule has 0 amide bonds. The summed E-state index contributed by atoms with van der Waals surface area (Å²) in [6.45, 7) is 20.0. The molecule has 1 aliphatic rings. The molecule has 0 spiro atoms. The van der Waals surface area contributed by atoms with Crippen LogP contribution in [0.2, 0.25) is 0 Å². The van der Waals surface area contributed by atoms with Gasteiger partial charge in [0.25, 0.3) is 0 Å². The molecule has 3 atom stereocenters. The minimum atomic E-state index is 0.0768. The lowest BCUT2D eigenvalue weighted by Crippen LogP contribution is -2.11. The molecule has 0 saturated carbocycles. The van der Waals surface area contributed by atoms with E-state index in [1.54, 1.807) is 26.1 Å². The fourth-order valence-corrected chi connectivity index (χ4v) is 4.92. The van der Waals surface area contributed by atoms with Crippen LogP contribution in [-0.4, -0.2) is 16.0 Å². The highest BCUT2D eigenvalue weighted by Crippen LogP contribution is 2.35. The number of nitrogens with zero attached hydrogens (tertiary/aromatic N) is 1. The lowest BCUT2D eigenvalue weighted by molar-refractivity contribution is 0.417. The van der Waals surface area contributed by atoms with Crippen molar-refractivity contribution in [3.05, 3.63) is 118 Å². The lowest BCUT2D eigenvalue weighted by atomic mass is 9.82. The maximum Gasteiger partial charge on any atom is 0.128 e. The third kappa shape index (κ3) is 7.91. The number of aliphatic hydroxyl groups is 1. The number of hydrogen-bond donors (Lipinski definition) is 1. The van der Waals surface area contributed by atoms with E-state index in [9.17, 15) is 9.90 Å². The molecule has 1 aromatic rings. The summed E-state index contributed by atoms with van der Waals surface area (Å²) >= 11 is 0. The highest BCUT2D eigenvalue weighted by Gasteiger charge is 2.21. The molecule has 1 heterocycles. The Balaban J connectivity index is 2.74. The van der Waals surface area contributed by atoms with Crippen LogP contribution in [0.15, 0.2) is 102 Å². The second-order valence-corrected chi connectivity index (χ2v) is 10.3. The average molecular weight is 510 g/mol. The van der Waals surface area contributed by atoms with Crippen LogP contribution in [0.25, 0.3) is 11.1 Å². The molecule has 2 rings (SSSR count). The molecule has 0 bridgehead atoms. The molecule has 0 saturated heterocycles. The number of rotatable bonds is 10. The van der Waals surface area contributed by atoms with Crippen molar-refractivity contribution in [3.63, 3.8) is 0 Å². The van der Waals surface area contributed by atoms with Gasteiger partial charge in [0.05, 0.1) is 11.5 Å². The summed E-state index contributed by atoms with van der Waals surface area (Å²) in [5.41, 5.74) is 8.20. The van der Waals surface area contributed by atoms with Gasteiger partial charge in [-0.3, -0.25) is 4.98 Å². The first-order valence-corrected chi connectivity index (χ1v) is 13.4. The fraction of sp³-hybridized carbons (Fsp3) is 0.343. The van der Waals surface area contributed by atoms with Crippen molar-refractivity contribution < 1.29 is 9.90 Å². The number of carbonyl (C=O) groups excluding carboxylic acids is 1. The van der Waals surface area contributed by atoms with Crippen LogP contribution in [-0.2, 0) is 4.79 Å². The van der Waals surface area contributed by atoms with Crippen molar-refractivity contribution in [1.29, 1.82) is 0 Å². The third-order valence-corrected chi connectivity index (χ3v) is 7.14. The standard InChI is InChI=1S/C35H43NO2/c1-10-12-13-14-25(5)28(8)30(11-2)20-33(31-16-15-23(3)17-24(4)18-31)35-26(6)19-32(21-36-35)34(29(9)38)27(7)22-37/h10,12-21,24,28,30,38H,1,11H2,2-9H3/b13-12-,25-14+,33-20-,34-29+. The van der Waals surface area contributed by atoms with Crippen molar-refractivity contribution in [2.45, 2.75) is 61.8 Å². The Morgan fingerprint density at radius 2 is 1.89 bits per heavy atom. The van der Waals surface area contributed by atoms with Crippen molar-refractivity contribution in [1.82, 2.24) is 4.98 Å². The van der Waals surface area contributed by atoms with Gasteiger partial charge in [0, 0.05) is 28.5 Å². The van der Waals surface area contributed by atoms with Crippen LogP contribution in [0, 0.1) is 24.7 Å². The molecule has 3 unspecified atom stereocenters. The van der Waals surface area contributed by atoms with Crippen LogP contribution >= 0.6 is 0 Å². The number of aryl methyl sites for hydroxylation is 1. The summed E-state index contributed by atoms with van der Waals surface area (Å²) in [6, 6.07) is 2.00. The van der Waals surface area contributed by atoms with Crippen LogP contribution in [0.1, 0.15) is 71.7 Å². The second-order valence-electron chi connectivity index (χ2n) is 10.3. The molecule has 1 aliphatic carbocycles. The van der Waals surface area contributed by atoms with Crippen LogP contribution in [0.5, 0.6) is 0 Å². The summed E-state index contributed by atoms with van der Waals surface area (Å²) in [4.78, 5) is 16.3. The largest absolute Gasteiger partial charge is 0.512 e. The summed E-state index contributed by atoms with van der Waals surface area (Å²) in [5, 5.41) is 10.3. The van der Waals surface area contributed by atoms with Gasteiger partial charge in [0.15, 0.2) is 0 Å². The Morgan fingerprint density at radius 1 is 1.18 bits per heavy atom. The fourth-order valence-electron chi connectivity index (χ4n) is 4.92. The van der Waals surface area contributed by atoms with E-state index in [4.69, 9.17) is 4.98 Å². The summed E-state index contributed by atoms with van der Waals surface area (Å²) < 4.78 is 0. The van der Waals surface area contributed by atoms with E-state index in [1.165, 1.54) is 11.1 Å². The Bertz CT molecular complexity index is 1300. The molecule has 0 radical (unpaired) electrons. The number of pyridine rings is 1. The van der Waals surface area contributed by atoms with Gasteiger partial charge in [0.2, 0.25) is 0 Å². The van der Waals surface area contributed by atoms with Gasteiger partial charge < -0.3 is 5.11 Å². The van der Waals surface area contributed by atoms with E-state index in [1.807, 2.05) is 31.1 Å². The maximum atomic E-state index is 11.4. The van der Waals surface area contributed by atoms with E-state index in [0.29, 0.717) is 28.5 Å². The topological polar surface area (TPSA) is 50.2 Å². The molecular formula is C35H43NO2. The summed E-state index contributed by atoms with van der Waals surface area (Å²) in [7, 11) is 0. The van der Waals surface area contributed by atoms with E-state index >= 15 is 0 Å². The predicted molar refractivity (Wildman–Crippen MR) is 163 cm³/mol. The van der Waals surface area contributed by atoms with Gasteiger partial charge in [-0.2, -0.15) is 0 Å². The molecule has 0 aromatic carbocycles. The normalized spacial score (nSPS) is 18.7. The third-order valence-electron chi connectivity index (χ3n) is 7.14. The number of hydrogen-bond acceptors (Lipinski definition) is 3. The first-order chi connectivity index (χ1) is 18.0. The zero-order valence-corrected chi connectivity index (χ0v) is 24.3. The van der Waals surface area contributed by atoms with Crippen molar-refractivity contribution >= 4 is 17.1 Å². The molecule has 200 valence electrons. The van der Waals surface area contributed by atoms with Gasteiger partial charge in [-0.05, 0) is 76.0 Å². The van der Waals surface area contributed by atoms with Gasteiger partial charge in [-0.15, -0.1) is 0 Å². The van der Waals surface area contributed by atoms with Gasteiger partial charge in [-0.1, -0.05) is 93.2 Å². The van der Waals surface area contributed by atoms with E-state index in [0.717, 1.165) is 28.8 Å². The first-order valence-electron chi connectivity index (χ1n) is 13.4. The van der Waals surface area contributed by atoms with Crippen molar-refractivity contribution in [3.8, 4) is 0 Å². The average Bonchev–Trinajstić information content (AvgIpc) is 3.04. The van der Waals surface area contributed by atoms with Crippen LogP contribution in [0.4, 0.5) is 0 Å². The monoisotopic (exact) mass is 509 g/mol. The van der Waals surface area contributed by atoms with E-state index < -0.39 is 0 Å². The zero-order valence-electron chi connectivity index (χ0n) is 24.3. The molecule has 0 aliphatic heterocycles. The minimum Gasteiger partial charge on any atom is -0.512 e. The number of allylic oxidation sites excluding steroid dienone is 16. The van der Waals surface area contributed by atoms with Crippen molar-refractivity contribution in [2.24, 2.45) is 17.8 Å². The molecule has 0 fully saturated rings. The molecule has 3 nitrogen and oxygen atoms in total. The maximum absolute atomic E-state index is 11.4. The summed E-state index contributed by atoms with van der Waals surface area (Å²) in [5.74, 6) is 2.92. The van der Waals surface area contributed by atoms with Gasteiger partial charge in [-0.25, -0.2) is 4.79 Å². The highest BCUT2D eigenvalue weighted by atomic mass is 16.3. The molecular weight excluding hydrogens is 466 g/mol. The smallest absolute Gasteiger partial charge is 0.128 e. The van der Waals surface area contributed by atoms with E-state index in [2.05, 4.69) is 77.7 Å². The first kappa shape index (κ1) is 30.5. The Labute approximate surface area is 229 Å². The van der Waals surface area contributed by atoms with Crippen LogP contribution < -0.4 is 0 Å². The quantitative estimate of drug-likeness (QED) is 0.194. The number of aliphatic hydroxyl groups excluding tert-OH is 1. The summed E-state index contributed by atoms with van der Waals surface area (Å²) in [6.07, 6.45) is 22.0. The molecule has 1 N–H and O–H groups in total. The molecule has 1 aromatic heterocycles. The molecule has 38 heavy (non-hydrogen) atoms. The lowest BCUT2D eigenvalue weighted by Gasteiger charge is -2.23. The van der Waals surface area contributed by atoms with Gasteiger partial charge >= 0.3 is 0 Å². The Morgan fingerprint density at radius 3 is 2.47 bits per heavy atom. The number of aromatic nitrogens is 1.